The number of anilines is 2. The lowest BCUT2D eigenvalue weighted by atomic mass is 10.0. The molecule has 0 saturated carbocycles. The van der Waals surface area contributed by atoms with E-state index >= 15 is 0 Å². The van der Waals surface area contributed by atoms with Crippen LogP contribution in [0.4, 0.5) is 11.7 Å². The van der Waals surface area contributed by atoms with Gasteiger partial charge < -0.3 is 14.8 Å². The minimum absolute atomic E-state index is 0.380. The van der Waals surface area contributed by atoms with Gasteiger partial charge >= 0.3 is 5.97 Å². The second-order valence-corrected chi connectivity index (χ2v) is 3.65. The number of carboxylic acid groups (broad SMARTS) is 1. The molecular weight excluding hydrogens is 220 g/mol. The third kappa shape index (κ3) is 2.63. The SMILES string of the molecule is C[C@@H](C(=O)O)c1cccc(Nc2ncco2)c1. The topological polar surface area (TPSA) is 75.4 Å². The molecule has 88 valence electrons. The Hall–Kier alpha value is -2.30. The maximum absolute atomic E-state index is 10.9. The third-order valence-electron chi connectivity index (χ3n) is 2.44. The van der Waals surface area contributed by atoms with Crippen molar-refractivity contribution >= 4 is 17.7 Å². The fraction of sp³-hybridized carbons (Fsp3) is 0.167. The highest BCUT2D eigenvalue weighted by molar-refractivity contribution is 5.76. The molecule has 0 amide bonds. The normalized spacial score (nSPS) is 12.1. The molecule has 1 atom stereocenters. The number of aromatic nitrogens is 1. The van der Waals surface area contributed by atoms with Gasteiger partial charge in [-0.15, -0.1) is 0 Å². The molecule has 0 bridgehead atoms. The molecule has 0 aliphatic rings. The molecule has 0 spiro atoms. The second-order valence-electron chi connectivity index (χ2n) is 3.65. The lowest BCUT2D eigenvalue weighted by molar-refractivity contribution is -0.138. The van der Waals surface area contributed by atoms with Crippen molar-refractivity contribution in [1.82, 2.24) is 4.98 Å². The molecule has 2 N–H and O–H groups in total. The van der Waals surface area contributed by atoms with E-state index in [1.165, 1.54) is 12.5 Å². The third-order valence-corrected chi connectivity index (χ3v) is 2.44. The number of nitrogens with one attached hydrogen (secondary N) is 1. The van der Waals surface area contributed by atoms with Gasteiger partial charge in [-0.2, -0.15) is 0 Å². The molecule has 5 heteroatoms. The lowest BCUT2D eigenvalue weighted by Crippen LogP contribution is -2.07. The highest BCUT2D eigenvalue weighted by atomic mass is 16.4. The van der Waals surface area contributed by atoms with Crippen LogP contribution >= 0.6 is 0 Å². The van der Waals surface area contributed by atoms with Gasteiger partial charge in [0.15, 0.2) is 0 Å². The van der Waals surface area contributed by atoms with E-state index in [4.69, 9.17) is 9.52 Å². The van der Waals surface area contributed by atoms with E-state index in [0.29, 0.717) is 6.01 Å². The Morgan fingerprint density at radius 1 is 1.53 bits per heavy atom. The standard InChI is InChI=1S/C12H12N2O3/c1-8(11(15)16)9-3-2-4-10(7-9)14-12-13-5-6-17-12/h2-8H,1H3,(H,13,14)(H,15,16)/t8-/m1/s1. The zero-order valence-corrected chi connectivity index (χ0v) is 9.25. The Morgan fingerprint density at radius 2 is 2.35 bits per heavy atom. The van der Waals surface area contributed by atoms with Crippen molar-refractivity contribution in [2.24, 2.45) is 0 Å². The number of rotatable bonds is 4. The van der Waals surface area contributed by atoms with Crippen LogP contribution in [-0.4, -0.2) is 16.1 Å². The number of nitrogens with zero attached hydrogens (tertiary/aromatic N) is 1. The van der Waals surface area contributed by atoms with Gasteiger partial charge in [-0.1, -0.05) is 12.1 Å². The van der Waals surface area contributed by atoms with Crippen molar-refractivity contribution in [3.63, 3.8) is 0 Å². The minimum Gasteiger partial charge on any atom is -0.481 e. The predicted molar refractivity (Wildman–Crippen MR) is 62.3 cm³/mol. The summed E-state index contributed by atoms with van der Waals surface area (Å²) in [5.74, 6) is -1.39. The number of hydrogen-bond acceptors (Lipinski definition) is 4. The van der Waals surface area contributed by atoms with Gasteiger partial charge in [-0.25, -0.2) is 4.98 Å². The summed E-state index contributed by atoms with van der Waals surface area (Å²) in [6.45, 7) is 1.65. The first-order chi connectivity index (χ1) is 8.16. The Labute approximate surface area is 98.1 Å². The van der Waals surface area contributed by atoms with Crippen LogP contribution in [0.2, 0.25) is 0 Å². The maximum Gasteiger partial charge on any atom is 0.310 e. The van der Waals surface area contributed by atoms with Gasteiger partial charge in [-0.05, 0) is 24.6 Å². The van der Waals surface area contributed by atoms with Crippen molar-refractivity contribution in [3.05, 3.63) is 42.3 Å². The van der Waals surface area contributed by atoms with Gasteiger partial charge in [0, 0.05) is 5.69 Å². The van der Waals surface area contributed by atoms with E-state index in [-0.39, 0.29) is 0 Å². The van der Waals surface area contributed by atoms with Gasteiger partial charge in [0.05, 0.1) is 12.1 Å². The van der Waals surface area contributed by atoms with E-state index in [0.717, 1.165) is 11.3 Å². The number of hydrogen-bond donors (Lipinski definition) is 2. The Kier molecular flexibility index (Phi) is 3.09. The smallest absolute Gasteiger partial charge is 0.310 e. The van der Waals surface area contributed by atoms with Crippen molar-refractivity contribution < 1.29 is 14.3 Å². The molecule has 0 saturated heterocycles. The number of aliphatic carboxylic acids is 1. The van der Waals surface area contributed by atoms with E-state index in [1.54, 1.807) is 25.1 Å². The Morgan fingerprint density at radius 3 is 3.00 bits per heavy atom. The predicted octanol–water partition coefficient (Wildman–Crippen LogP) is 2.61. The molecule has 2 rings (SSSR count). The van der Waals surface area contributed by atoms with Crippen LogP contribution < -0.4 is 5.32 Å². The minimum atomic E-state index is -0.849. The molecule has 2 aromatic rings. The van der Waals surface area contributed by atoms with Crippen molar-refractivity contribution in [3.8, 4) is 0 Å². The van der Waals surface area contributed by atoms with Crippen LogP contribution in [-0.2, 0) is 4.79 Å². The van der Waals surface area contributed by atoms with E-state index in [9.17, 15) is 4.79 Å². The first-order valence-electron chi connectivity index (χ1n) is 5.16. The number of carboxylic acids is 1. The summed E-state index contributed by atoms with van der Waals surface area (Å²) in [4.78, 5) is 14.8. The first kappa shape index (κ1) is 11.2. The molecule has 17 heavy (non-hydrogen) atoms. The highest BCUT2D eigenvalue weighted by Crippen LogP contribution is 2.21. The average molecular weight is 232 g/mol. The molecule has 1 heterocycles. The van der Waals surface area contributed by atoms with Crippen LogP contribution in [0.3, 0.4) is 0 Å². The summed E-state index contributed by atoms with van der Waals surface area (Å²) in [5, 5.41) is 11.9. The number of benzene rings is 1. The average Bonchev–Trinajstić information content (AvgIpc) is 2.81. The van der Waals surface area contributed by atoms with E-state index in [2.05, 4.69) is 10.3 Å². The Bertz CT molecular complexity index is 508. The summed E-state index contributed by atoms with van der Waals surface area (Å²) in [6.07, 6.45) is 3.00. The van der Waals surface area contributed by atoms with Crippen LogP contribution in [0.1, 0.15) is 18.4 Å². The van der Waals surface area contributed by atoms with Gasteiger partial charge in [0.25, 0.3) is 6.01 Å². The molecule has 0 aliphatic heterocycles. The van der Waals surface area contributed by atoms with Gasteiger partial charge in [-0.3, -0.25) is 4.79 Å². The summed E-state index contributed by atoms with van der Waals surface area (Å²) >= 11 is 0. The monoisotopic (exact) mass is 232 g/mol. The van der Waals surface area contributed by atoms with Crippen molar-refractivity contribution in [1.29, 1.82) is 0 Å². The Balaban J connectivity index is 2.19. The highest BCUT2D eigenvalue weighted by Gasteiger charge is 2.13. The molecule has 0 fully saturated rings. The quantitative estimate of drug-likeness (QED) is 0.847. The van der Waals surface area contributed by atoms with E-state index in [1.807, 2.05) is 6.07 Å². The number of oxazole rings is 1. The van der Waals surface area contributed by atoms with Gasteiger partial charge in [0.2, 0.25) is 0 Å². The summed E-state index contributed by atoms with van der Waals surface area (Å²) in [6, 6.07) is 7.54. The summed E-state index contributed by atoms with van der Waals surface area (Å²) < 4.78 is 5.05. The maximum atomic E-state index is 10.9. The zero-order chi connectivity index (χ0) is 12.3. The largest absolute Gasteiger partial charge is 0.481 e. The van der Waals surface area contributed by atoms with E-state index < -0.39 is 11.9 Å². The van der Waals surface area contributed by atoms with Crippen LogP contribution in [0.5, 0.6) is 0 Å². The van der Waals surface area contributed by atoms with Crippen molar-refractivity contribution in [2.45, 2.75) is 12.8 Å². The molecule has 1 aromatic carbocycles. The fourth-order valence-electron chi connectivity index (χ4n) is 1.44. The fourth-order valence-corrected chi connectivity index (χ4v) is 1.44. The summed E-state index contributed by atoms with van der Waals surface area (Å²) in [7, 11) is 0. The zero-order valence-electron chi connectivity index (χ0n) is 9.25. The van der Waals surface area contributed by atoms with Crippen LogP contribution in [0, 0.1) is 0 Å². The first-order valence-corrected chi connectivity index (χ1v) is 5.16. The molecule has 0 radical (unpaired) electrons. The molecule has 0 aliphatic carbocycles. The second kappa shape index (κ2) is 4.69. The summed E-state index contributed by atoms with van der Waals surface area (Å²) in [5.41, 5.74) is 1.48. The molecule has 0 unspecified atom stereocenters. The number of carbonyl (C=O) groups is 1. The molecule has 1 aromatic heterocycles. The van der Waals surface area contributed by atoms with Gasteiger partial charge in [0.1, 0.15) is 6.26 Å². The van der Waals surface area contributed by atoms with Crippen LogP contribution in [0.25, 0.3) is 0 Å². The van der Waals surface area contributed by atoms with Crippen molar-refractivity contribution in [2.75, 3.05) is 5.32 Å². The molecular formula is C12H12N2O3. The molecule has 5 nitrogen and oxygen atoms in total. The van der Waals surface area contributed by atoms with Crippen LogP contribution in [0.15, 0.2) is 41.1 Å². The lowest BCUT2D eigenvalue weighted by Gasteiger charge is -2.08.